The molecule has 0 aromatic heterocycles. The van der Waals surface area contributed by atoms with Gasteiger partial charge in [-0.05, 0) is 40.8 Å². The molecule has 0 heterocycles. The van der Waals surface area contributed by atoms with Crippen LogP contribution in [0.5, 0.6) is 0 Å². The van der Waals surface area contributed by atoms with Crippen molar-refractivity contribution < 1.29 is 0 Å². The molecule has 2 heteroatoms. The van der Waals surface area contributed by atoms with E-state index in [9.17, 15) is 0 Å². The molecule has 2 aromatic rings. The van der Waals surface area contributed by atoms with Gasteiger partial charge in [-0.1, -0.05) is 30.3 Å². The van der Waals surface area contributed by atoms with Gasteiger partial charge in [-0.3, -0.25) is 0 Å². The van der Waals surface area contributed by atoms with Crippen molar-refractivity contribution in [3.63, 3.8) is 0 Å². The molecule has 15 heavy (non-hydrogen) atoms. The van der Waals surface area contributed by atoms with Crippen LogP contribution in [-0.2, 0) is 6.42 Å². The lowest BCUT2D eigenvalue weighted by Gasteiger charge is -2.00. The van der Waals surface area contributed by atoms with Crippen molar-refractivity contribution in [1.29, 1.82) is 0 Å². The Labute approximate surface area is 89.3 Å². The maximum atomic E-state index is 5.77. The standard InChI is InChI=1S/C13H11N.H3N/c14-11-5-6-13-10(8-11)7-9-3-1-2-4-12(9)13;/h1-6,8H,7,14H2;1H3. The molecule has 5 N–H and O–H groups in total. The van der Waals surface area contributed by atoms with E-state index in [1.165, 1.54) is 22.3 Å². The van der Waals surface area contributed by atoms with E-state index < -0.39 is 0 Å². The summed E-state index contributed by atoms with van der Waals surface area (Å²) in [6.07, 6.45) is 1.02. The van der Waals surface area contributed by atoms with Crippen molar-refractivity contribution in [2.45, 2.75) is 6.42 Å². The summed E-state index contributed by atoms with van der Waals surface area (Å²) in [5, 5.41) is 0. The highest BCUT2D eigenvalue weighted by Gasteiger charge is 2.16. The van der Waals surface area contributed by atoms with Gasteiger partial charge in [0.05, 0.1) is 0 Å². The van der Waals surface area contributed by atoms with Crippen LogP contribution in [0.4, 0.5) is 5.69 Å². The summed E-state index contributed by atoms with van der Waals surface area (Å²) in [6.45, 7) is 0. The molecule has 0 aliphatic heterocycles. The van der Waals surface area contributed by atoms with E-state index in [1.807, 2.05) is 6.07 Å². The van der Waals surface area contributed by atoms with E-state index in [0.717, 1.165) is 12.1 Å². The van der Waals surface area contributed by atoms with Gasteiger partial charge < -0.3 is 11.9 Å². The van der Waals surface area contributed by atoms with Crippen LogP contribution in [-0.4, -0.2) is 0 Å². The van der Waals surface area contributed by atoms with Crippen LogP contribution in [0.3, 0.4) is 0 Å². The molecule has 1 aliphatic rings. The Morgan fingerprint density at radius 1 is 0.867 bits per heavy atom. The van der Waals surface area contributed by atoms with E-state index >= 15 is 0 Å². The molecular weight excluding hydrogens is 184 g/mol. The second-order valence-electron chi connectivity index (χ2n) is 3.75. The number of fused-ring (bicyclic) bond motifs is 3. The van der Waals surface area contributed by atoms with E-state index in [4.69, 9.17) is 5.73 Å². The topological polar surface area (TPSA) is 61.0 Å². The van der Waals surface area contributed by atoms with Gasteiger partial charge in [0.2, 0.25) is 0 Å². The van der Waals surface area contributed by atoms with Crippen LogP contribution >= 0.6 is 0 Å². The summed E-state index contributed by atoms with van der Waals surface area (Å²) in [4.78, 5) is 0. The molecule has 0 saturated carbocycles. The summed E-state index contributed by atoms with van der Waals surface area (Å²) < 4.78 is 0. The first-order valence-electron chi connectivity index (χ1n) is 4.81. The van der Waals surface area contributed by atoms with Crippen molar-refractivity contribution in [2.24, 2.45) is 0 Å². The van der Waals surface area contributed by atoms with Crippen LogP contribution in [0, 0.1) is 0 Å². The molecule has 0 fully saturated rings. The summed E-state index contributed by atoms with van der Waals surface area (Å²) in [5.41, 5.74) is 12.1. The van der Waals surface area contributed by atoms with Crippen LogP contribution in [0.15, 0.2) is 42.5 Å². The molecule has 0 spiro atoms. The van der Waals surface area contributed by atoms with Crippen molar-refractivity contribution in [3.8, 4) is 11.1 Å². The highest BCUT2D eigenvalue weighted by Crippen LogP contribution is 2.36. The zero-order valence-electron chi connectivity index (χ0n) is 8.53. The van der Waals surface area contributed by atoms with Gasteiger partial charge in [0.15, 0.2) is 0 Å². The zero-order chi connectivity index (χ0) is 9.54. The Hall–Kier alpha value is -1.80. The fourth-order valence-electron chi connectivity index (χ4n) is 2.17. The summed E-state index contributed by atoms with van der Waals surface area (Å²) >= 11 is 0. The van der Waals surface area contributed by atoms with Gasteiger partial charge in [-0.25, -0.2) is 0 Å². The summed E-state index contributed by atoms with van der Waals surface area (Å²) in [5.74, 6) is 0. The van der Waals surface area contributed by atoms with Gasteiger partial charge in [0.25, 0.3) is 0 Å². The SMILES string of the molecule is N.Nc1ccc2c(c1)Cc1ccccc1-2. The first-order valence-corrected chi connectivity index (χ1v) is 4.81. The smallest absolute Gasteiger partial charge is 0.0317 e. The van der Waals surface area contributed by atoms with E-state index in [1.54, 1.807) is 0 Å². The molecule has 0 atom stereocenters. The van der Waals surface area contributed by atoms with Crippen molar-refractivity contribution >= 4 is 5.69 Å². The fourth-order valence-corrected chi connectivity index (χ4v) is 2.17. The highest BCUT2D eigenvalue weighted by atomic mass is 14.5. The van der Waals surface area contributed by atoms with E-state index in [2.05, 4.69) is 36.4 Å². The number of benzene rings is 2. The first kappa shape index (κ1) is 9.74. The van der Waals surface area contributed by atoms with Crippen molar-refractivity contribution in [1.82, 2.24) is 6.15 Å². The lowest BCUT2D eigenvalue weighted by molar-refractivity contribution is 1.26. The minimum absolute atomic E-state index is 0. The van der Waals surface area contributed by atoms with Crippen LogP contribution in [0.2, 0.25) is 0 Å². The maximum Gasteiger partial charge on any atom is 0.0317 e. The normalized spacial score (nSPS) is 11.5. The fraction of sp³-hybridized carbons (Fsp3) is 0.0769. The zero-order valence-corrected chi connectivity index (χ0v) is 8.53. The molecular formula is C13H14N2. The summed E-state index contributed by atoms with van der Waals surface area (Å²) in [7, 11) is 0. The lowest BCUT2D eigenvalue weighted by Crippen LogP contribution is -1.86. The molecule has 0 amide bonds. The third-order valence-corrected chi connectivity index (χ3v) is 2.82. The lowest BCUT2D eigenvalue weighted by atomic mass is 10.1. The number of anilines is 1. The number of nitrogens with two attached hydrogens (primary N) is 1. The average Bonchev–Trinajstić information content (AvgIpc) is 2.54. The Kier molecular flexibility index (Phi) is 2.21. The van der Waals surface area contributed by atoms with Crippen LogP contribution < -0.4 is 11.9 Å². The quantitative estimate of drug-likeness (QED) is 0.545. The second-order valence-corrected chi connectivity index (χ2v) is 3.75. The molecule has 0 radical (unpaired) electrons. The molecule has 0 unspecified atom stereocenters. The molecule has 1 aliphatic carbocycles. The van der Waals surface area contributed by atoms with Gasteiger partial charge in [-0.15, -0.1) is 0 Å². The minimum Gasteiger partial charge on any atom is -0.399 e. The average molecular weight is 198 g/mol. The molecule has 3 rings (SSSR count). The van der Waals surface area contributed by atoms with Gasteiger partial charge in [0, 0.05) is 5.69 Å². The first-order chi connectivity index (χ1) is 6.84. The monoisotopic (exact) mass is 198 g/mol. The van der Waals surface area contributed by atoms with Crippen molar-refractivity contribution in [2.75, 3.05) is 5.73 Å². The number of hydrogen-bond donors (Lipinski definition) is 2. The molecule has 2 aromatic carbocycles. The Morgan fingerprint density at radius 3 is 2.47 bits per heavy atom. The number of rotatable bonds is 0. The minimum atomic E-state index is 0. The van der Waals surface area contributed by atoms with Crippen LogP contribution in [0.25, 0.3) is 11.1 Å². The maximum absolute atomic E-state index is 5.77. The molecule has 76 valence electrons. The predicted molar refractivity (Wildman–Crippen MR) is 64.1 cm³/mol. The van der Waals surface area contributed by atoms with Crippen LogP contribution in [0.1, 0.15) is 11.1 Å². The third-order valence-electron chi connectivity index (χ3n) is 2.82. The third kappa shape index (κ3) is 1.39. The Morgan fingerprint density at radius 2 is 1.60 bits per heavy atom. The van der Waals surface area contributed by atoms with Crippen molar-refractivity contribution in [3.05, 3.63) is 53.6 Å². The molecule has 2 nitrogen and oxygen atoms in total. The molecule has 0 saturated heterocycles. The molecule has 0 bridgehead atoms. The summed E-state index contributed by atoms with van der Waals surface area (Å²) in [6, 6.07) is 14.7. The van der Waals surface area contributed by atoms with E-state index in [-0.39, 0.29) is 6.15 Å². The number of nitrogen functional groups attached to an aromatic ring is 1. The van der Waals surface area contributed by atoms with Gasteiger partial charge in [-0.2, -0.15) is 0 Å². The highest BCUT2D eigenvalue weighted by molar-refractivity contribution is 5.78. The number of hydrogen-bond acceptors (Lipinski definition) is 2. The second kappa shape index (κ2) is 3.41. The Balaban J connectivity index is 0.000000853. The largest absolute Gasteiger partial charge is 0.399 e. The Bertz CT molecular complexity index is 504. The van der Waals surface area contributed by atoms with E-state index in [0.29, 0.717) is 0 Å². The van der Waals surface area contributed by atoms with Gasteiger partial charge >= 0.3 is 0 Å². The van der Waals surface area contributed by atoms with Gasteiger partial charge in [0.1, 0.15) is 0 Å². The predicted octanol–water partition coefficient (Wildman–Crippen LogP) is 3.00.